The van der Waals surface area contributed by atoms with E-state index in [1.807, 2.05) is 4.90 Å². The molecule has 0 spiro atoms. The van der Waals surface area contributed by atoms with Crippen LogP contribution in [0.2, 0.25) is 0 Å². The Morgan fingerprint density at radius 1 is 1.32 bits per heavy atom. The summed E-state index contributed by atoms with van der Waals surface area (Å²) in [4.78, 5) is 13.8. The summed E-state index contributed by atoms with van der Waals surface area (Å²) in [7, 11) is 0. The summed E-state index contributed by atoms with van der Waals surface area (Å²) in [6, 6.07) is 0. The van der Waals surface area contributed by atoms with E-state index in [-0.39, 0.29) is 11.3 Å². The molecule has 0 aromatic rings. The number of hydrogen-bond donors (Lipinski definition) is 2. The van der Waals surface area contributed by atoms with Crippen LogP contribution in [0.5, 0.6) is 0 Å². The molecule has 1 atom stereocenters. The predicted octanol–water partition coefficient (Wildman–Crippen LogP) is 1.63. The number of nitrogens with zero attached hydrogens (tertiary/aromatic N) is 1. The largest absolute Gasteiger partial charge is 0.390 e. The Morgan fingerprint density at radius 2 is 2.00 bits per heavy atom. The molecule has 1 rings (SSSR count). The topological polar surface area (TPSA) is 52.6 Å². The van der Waals surface area contributed by atoms with Gasteiger partial charge in [-0.05, 0) is 30.7 Å². The SMILES string of the molecule is CC(C)CNCC(O)CN1CCC(C)(C)CCC1=O. The molecule has 112 valence electrons. The van der Waals surface area contributed by atoms with Crippen LogP contribution in [-0.4, -0.2) is 48.2 Å². The Kier molecular flexibility index (Phi) is 6.27. The second-order valence-electron chi connectivity index (χ2n) is 6.96. The molecule has 0 radical (unpaired) electrons. The molecule has 0 aromatic heterocycles. The second-order valence-corrected chi connectivity index (χ2v) is 6.96. The third-order valence-corrected chi connectivity index (χ3v) is 3.79. The van der Waals surface area contributed by atoms with Crippen LogP contribution >= 0.6 is 0 Å². The van der Waals surface area contributed by atoms with E-state index in [4.69, 9.17) is 0 Å². The quantitative estimate of drug-likeness (QED) is 0.771. The van der Waals surface area contributed by atoms with Gasteiger partial charge < -0.3 is 15.3 Å². The van der Waals surface area contributed by atoms with Crippen molar-refractivity contribution in [2.24, 2.45) is 11.3 Å². The van der Waals surface area contributed by atoms with Gasteiger partial charge in [-0.1, -0.05) is 27.7 Å². The highest BCUT2D eigenvalue weighted by Gasteiger charge is 2.28. The van der Waals surface area contributed by atoms with E-state index in [2.05, 4.69) is 33.0 Å². The van der Waals surface area contributed by atoms with E-state index in [0.29, 0.717) is 25.4 Å². The summed E-state index contributed by atoms with van der Waals surface area (Å²) in [6.45, 7) is 11.4. The Hall–Kier alpha value is -0.610. The molecule has 4 nitrogen and oxygen atoms in total. The number of aliphatic hydroxyl groups is 1. The molecular weight excluding hydrogens is 240 g/mol. The number of amides is 1. The molecule has 1 heterocycles. The van der Waals surface area contributed by atoms with Gasteiger partial charge >= 0.3 is 0 Å². The molecule has 0 aliphatic carbocycles. The molecule has 0 saturated carbocycles. The predicted molar refractivity (Wildman–Crippen MR) is 77.9 cm³/mol. The van der Waals surface area contributed by atoms with Gasteiger partial charge in [0.1, 0.15) is 0 Å². The summed E-state index contributed by atoms with van der Waals surface area (Å²) in [6.07, 6.45) is 2.11. The molecule has 1 unspecified atom stereocenters. The average Bonchev–Trinajstić information content (AvgIpc) is 2.42. The zero-order valence-electron chi connectivity index (χ0n) is 12.9. The van der Waals surface area contributed by atoms with Crippen LogP contribution in [0.1, 0.15) is 47.0 Å². The summed E-state index contributed by atoms with van der Waals surface area (Å²) >= 11 is 0. The van der Waals surface area contributed by atoms with Crippen molar-refractivity contribution in [1.29, 1.82) is 0 Å². The number of likely N-dealkylation sites (tertiary alicyclic amines) is 1. The number of carbonyl (C=O) groups excluding carboxylic acids is 1. The summed E-state index contributed by atoms with van der Waals surface area (Å²) < 4.78 is 0. The number of aliphatic hydroxyl groups excluding tert-OH is 1. The van der Waals surface area contributed by atoms with Crippen LogP contribution in [0, 0.1) is 11.3 Å². The normalized spacial score (nSPS) is 21.6. The summed E-state index contributed by atoms with van der Waals surface area (Å²) in [5.74, 6) is 0.765. The van der Waals surface area contributed by atoms with Crippen LogP contribution < -0.4 is 5.32 Å². The lowest BCUT2D eigenvalue weighted by atomic mass is 9.85. The van der Waals surface area contributed by atoms with Gasteiger partial charge in [0.15, 0.2) is 0 Å². The zero-order chi connectivity index (χ0) is 14.5. The van der Waals surface area contributed by atoms with E-state index in [0.717, 1.165) is 25.9 Å². The Morgan fingerprint density at radius 3 is 2.63 bits per heavy atom. The van der Waals surface area contributed by atoms with Gasteiger partial charge in [-0.15, -0.1) is 0 Å². The maximum Gasteiger partial charge on any atom is 0.222 e. The van der Waals surface area contributed by atoms with Crippen LogP contribution in [0.15, 0.2) is 0 Å². The van der Waals surface area contributed by atoms with Crippen LogP contribution in [0.4, 0.5) is 0 Å². The number of nitrogens with one attached hydrogen (secondary N) is 1. The van der Waals surface area contributed by atoms with Gasteiger partial charge in [-0.25, -0.2) is 0 Å². The van der Waals surface area contributed by atoms with Crippen molar-refractivity contribution < 1.29 is 9.90 Å². The van der Waals surface area contributed by atoms with Gasteiger partial charge in [0, 0.05) is 26.1 Å². The van der Waals surface area contributed by atoms with Crippen molar-refractivity contribution in [1.82, 2.24) is 10.2 Å². The number of hydrogen-bond acceptors (Lipinski definition) is 3. The molecule has 0 aromatic carbocycles. The van der Waals surface area contributed by atoms with Crippen molar-refractivity contribution in [2.45, 2.75) is 53.1 Å². The van der Waals surface area contributed by atoms with Crippen molar-refractivity contribution in [3.05, 3.63) is 0 Å². The number of rotatable bonds is 6. The van der Waals surface area contributed by atoms with Crippen molar-refractivity contribution >= 4 is 5.91 Å². The average molecular weight is 270 g/mol. The molecule has 1 aliphatic rings. The molecule has 4 heteroatoms. The van der Waals surface area contributed by atoms with Gasteiger partial charge in [0.05, 0.1) is 6.10 Å². The highest BCUT2D eigenvalue weighted by molar-refractivity contribution is 5.76. The van der Waals surface area contributed by atoms with Crippen molar-refractivity contribution in [3.63, 3.8) is 0 Å². The van der Waals surface area contributed by atoms with Gasteiger partial charge in [-0.2, -0.15) is 0 Å². The van der Waals surface area contributed by atoms with Crippen molar-refractivity contribution in [3.8, 4) is 0 Å². The monoisotopic (exact) mass is 270 g/mol. The fraction of sp³-hybridized carbons (Fsp3) is 0.933. The third-order valence-electron chi connectivity index (χ3n) is 3.79. The first kappa shape index (κ1) is 16.4. The molecule has 1 fully saturated rings. The lowest BCUT2D eigenvalue weighted by molar-refractivity contribution is -0.132. The maximum absolute atomic E-state index is 12.0. The molecule has 0 bridgehead atoms. The minimum Gasteiger partial charge on any atom is -0.390 e. The molecule has 1 aliphatic heterocycles. The third kappa shape index (κ3) is 6.39. The fourth-order valence-electron chi connectivity index (χ4n) is 2.34. The first-order valence-corrected chi connectivity index (χ1v) is 7.47. The van der Waals surface area contributed by atoms with Crippen LogP contribution in [-0.2, 0) is 4.79 Å². The van der Waals surface area contributed by atoms with Crippen molar-refractivity contribution in [2.75, 3.05) is 26.2 Å². The van der Waals surface area contributed by atoms with Gasteiger partial charge in [0.25, 0.3) is 0 Å². The van der Waals surface area contributed by atoms with Crippen LogP contribution in [0.25, 0.3) is 0 Å². The Balaban J connectivity index is 2.36. The molecule has 19 heavy (non-hydrogen) atoms. The number of carbonyl (C=O) groups is 1. The smallest absolute Gasteiger partial charge is 0.222 e. The number of β-amino-alcohol motifs (C(OH)–C–C–N with tert-alkyl or cyclic N) is 1. The Bertz CT molecular complexity index is 290. The van der Waals surface area contributed by atoms with Gasteiger partial charge in [-0.3, -0.25) is 4.79 Å². The lowest BCUT2D eigenvalue weighted by Crippen LogP contribution is -2.42. The molecule has 2 N–H and O–H groups in total. The minimum absolute atomic E-state index is 0.188. The maximum atomic E-state index is 12.0. The Labute approximate surface area is 117 Å². The van der Waals surface area contributed by atoms with E-state index >= 15 is 0 Å². The summed E-state index contributed by atoms with van der Waals surface area (Å²) in [5, 5.41) is 13.2. The molecule has 1 saturated heterocycles. The highest BCUT2D eigenvalue weighted by Crippen LogP contribution is 2.30. The second kappa shape index (κ2) is 7.25. The fourth-order valence-corrected chi connectivity index (χ4v) is 2.34. The minimum atomic E-state index is -0.469. The molecular formula is C15H30N2O2. The molecule has 1 amide bonds. The standard InChI is InChI=1S/C15H30N2O2/c1-12(2)9-16-10-13(18)11-17-8-7-15(3,4)6-5-14(17)19/h12-13,16,18H,5-11H2,1-4H3. The summed E-state index contributed by atoms with van der Waals surface area (Å²) in [5.41, 5.74) is 0.241. The van der Waals surface area contributed by atoms with E-state index < -0.39 is 6.10 Å². The van der Waals surface area contributed by atoms with E-state index in [9.17, 15) is 9.90 Å². The highest BCUT2D eigenvalue weighted by atomic mass is 16.3. The zero-order valence-corrected chi connectivity index (χ0v) is 12.9. The van der Waals surface area contributed by atoms with Crippen LogP contribution in [0.3, 0.4) is 0 Å². The van der Waals surface area contributed by atoms with E-state index in [1.54, 1.807) is 0 Å². The van der Waals surface area contributed by atoms with Gasteiger partial charge in [0.2, 0.25) is 5.91 Å². The van der Waals surface area contributed by atoms with E-state index in [1.165, 1.54) is 0 Å². The first-order valence-electron chi connectivity index (χ1n) is 7.47. The lowest BCUT2D eigenvalue weighted by Gasteiger charge is -2.25. The first-order chi connectivity index (χ1) is 8.80.